The first-order valence-corrected chi connectivity index (χ1v) is 11.9. The molecular formula is C21H15Cl2N5OS2. The number of rotatable bonds is 5. The molecule has 3 heterocycles. The molecule has 10 heteroatoms. The van der Waals surface area contributed by atoms with Gasteiger partial charge in [-0.2, -0.15) is 9.61 Å². The highest BCUT2D eigenvalue weighted by atomic mass is 35.5. The zero-order valence-electron chi connectivity index (χ0n) is 16.2. The molecule has 0 aliphatic rings. The zero-order chi connectivity index (χ0) is 21.5. The highest BCUT2D eigenvalue weighted by molar-refractivity contribution is 7.21. The average molecular weight is 488 g/mol. The number of amides is 1. The second-order valence-corrected chi connectivity index (χ2v) is 9.71. The summed E-state index contributed by atoms with van der Waals surface area (Å²) in [6.07, 6.45) is 1.79. The van der Waals surface area contributed by atoms with Gasteiger partial charge in [0.15, 0.2) is 5.82 Å². The van der Waals surface area contributed by atoms with Crippen molar-refractivity contribution in [1.29, 1.82) is 0 Å². The van der Waals surface area contributed by atoms with Gasteiger partial charge in [-0.05, 0) is 30.7 Å². The SMILES string of the molecule is CCCc1nnc2sc(-c3cccc(NC(=O)c4sc5cc(Cl)ccc5c4Cl)c3)nn12. The number of hydrogen-bond donors (Lipinski definition) is 1. The molecule has 5 rings (SSSR count). The van der Waals surface area contributed by atoms with Gasteiger partial charge in [-0.25, -0.2) is 0 Å². The number of hydrogen-bond acceptors (Lipinski definition) is 6. The van der Waals surface area contributed by atoms with E-state index in [0.29, 0.717) is 20.6 Å². The lowest BCUT2D eigenvalue weighted by atomic mass is 10.2. The summed E-state index contributed by atoms with van der Waals surface area (Å²) in [6, 6.07) is 13.0. The molecule has 1 N–H and O–H groups in total. The standard InChI is InChI=1S/C21H15Cl2N5OS2/c1-2-4-16-25-26-21-28(16)27-20(31-21)11-5-3-6-13(9-11)24-19(29)18-17(23)14-8-7-12(22)10-15(14)30-18/h3,5-10H,2,4H2,1H3,(H,24,29). The molecule has 6 nitrogen and oxygen atoms in total. The number of aryl methyl sites for hydroxylation is 1. The van der Waals surface area contributed by atoms with Crippen molar-refractivity contribution in [2.75, 3.05) is 5.32 Å². The van der Waals surface area contributed by atoms with Gasteiger partial charge >= 0.3 is 0 Å². The van der Waals surface area contributed by atoms with Crippen molar-refractivity contribution in [2.45, 2.75) is 19.8 Å². The van der Waals surface area contributed by atoms with Crippen LogP contribution in [-0.4, -0.2) is 25.7 Å². The van der Waals surface area contributed by atoms with Crippen molar-refractivity contribution in [2.24, 2.45) is 0 Å². The monoisotopic (exact) mass is 487 g/mol. The second-order valence-electron chi connectivity index (χ2n) is 6.89. The number of aromatic nitrogens is 4. The molecule has 156 valence electrons. The molecule has 0 radical (unpaired) electrons. The van der Waals surface area contributed by atoms with E-state index in [2.05, 4.69) is 27.5 Å². The highest BCUT2D eigenvalue weighted by Crippen LogP contribution is 2.37. The van der Waals surface area contributed by atoms with Crippen LogP contribution in [-0.2, 0) is 6.42 Å². The molecule has 1 amide bonds. The number of nitrogens with zero attached hydrogens (tertiary/aromatic N) is 4. The van der Waals surface area contributed by atoms with E-state index in [0.717, 1.165) is 44.3 Å². The van der Waals surface area contributed by atoms with E-state index in [-0.39, 0.29) is 5.91 Å². The Morgan fingerprint density at radius 2 is 2.00 bits per heavy atom. The lowest BCUT2D eigenvalue weighted by Gasteiger charge is -2.05. The van der Waals surface area contributed by atoms with E-state index in [9.17, 15) is 4.79 Å². The molecule has 0 unspecified atom stereocenters. The maximum absolute atomic E-state index is 12.9. The van der Waals surface area contributed by atoms with Crippen LogP contribution < -0.4 is 5.32 Å². The van der Waals surface area contributed by atoms with Crippen molar-refractivity contribution >= 4 is 72.5 Å². The van der Waals surface area contributed by atoms with Gasteiger partial charge in [0, 0.05) is 32.8 Å². The maximum atomic E-state index is 12.9. The number of nitrogens with one attached hydrogen (secondary N) is 1. The first-order valence-electron chi connectivity index (χ1n) is 9.54. The minimum Gasteiger partial charge on any atom is -0.321 e. The van der Waals surface area contributed by atoms with Gasteiger partial charge < -0.3 is 5.32 Å². The molecule has 3 aromatic heterocycles. The van der Waals surface area contributed by atoms with Gasteiger partial charge in [-0.1, -0.05) is 59.7 Å². The Balaban J connectivity index is 1.43. The van der Waals surface area contributed by atoms with E-state index in [1.54, 1.807) is 10.6 Å². The van der Waals surface area contributed by atoms with Crippen LogP contribution in [0.1, 0.15) is 28.8 Å². The summed E-state index contributed by atoms with van der Waals surface area (Å²) >= 11 is 15.3. The van der Waals surface area contributed by atoms with Crippen molar-refractivity contribution in [1.82, 2.24) is 19.8 Å². The van der Waals surface area contributed by atoms with E-state index in [1.165, 1.54) is 22.7 Å². The summed E-state index contributed by atoms with van der Waals surface area (Å²) in [7, 11) is 0. The van der Waals surface area contributed by atoms with Crippen LogP contribution in [0.15, 0.2) is 42.5 Å². The summed E-state index contributed by atoms with van der Waals surface area (Å²) in [6.45, 7) is 2.10. The van der Waals surface area contributed by atoms with Gasteiger partial charge in [-0.15, -0.1) is 21.5 Å². The predicted octanol–water partition coefficient (Wildman–Crippen LogP) is 6.58. The number of carbonyl (C=O) groups excluding carboxylic acids is 1. The quantitative estimate of drug-likeness (QED) is 0.303. The number of carbonyl (C=O) groups is 1. The van der Waals surface area contributed by atoms with Crippen LogP contribution in [0.2, 0.25) is 10.0 Å². The van der Waals surface area contributed by atoms with Gasteiger partial charge in [0.1, 0.15) is 9.88 Å². The van der Waals surface area contributed by atoms with Gasteiger partial charge in [-0.3, -0.25) is 4.79 Å². The Labute approximate surface area is 195 Å². The number of anilines is 1. The molecule has 0 fully saturated rings. The molecule has 2 aromatic carbocycles. The Morgan fingerprint density at radius 3 is 2.84 bits per heavy atom. The van der Waals surface area contributed by atoms with Gasteiger partial charge in [0.05, 0.1) is 5.02 Å². The topological polar surface area (TPSA) is 72.2 Å². The first-order chi connectivity index (χ1) is 15.0. The lowest BCUT2D eigenvalue weighted by molar-refractivity contribution is 0.103. The van der Waals surface area contributed by atoms with Crippen molar-refractivity contribution in [3.05, 3.63) is 63.2 Å². The smallest absolute Gasteiger partial charge is 0.267 e. The van der Waals surface area contributed by atoms with E-state index in [1.807, 2.05) is 36.4 Å². The fourth-order valence-corrected chi connectivity index (χ4v) is 5.80. The van der Waals surface area contributed by atoms with Crippen molar-refractivity contribution in [3.63, 3.8) is 0 Å². The zero-order valence-corrected chi connectivity index (χ0v) is 19.4. The fourth-order valence-electron chi connectivity index (χ4n) is 3.26. The minimum atomic E-state index is -0.261. The average Bonchev–Trinajstić information content (AvgIpc) is 3.42. The van der Waals surface area contributed by atoms with Crippen molar-refractivity contribution in [3.8, 4) is 10.6 Å². The molecule has 0 aliphatic carbocycles. The van der Waals surface area contributed by atoms with Crippen LogP contribution in [0, 0.1) is 0 Å². The van der Waals surface area contributed by atoms with E-state index >= 15 is 0 Å². The third kappa shape index (κ3) is 3.80. The summed E-state index contributed by atoms with van der Waals surface area (Å²) in [5.41, 5.74) is 1.55. The van der Waals surface area contributed by atoms with Crippen LogP contribution in [0.5, 0.6) is 0 Å². The Bertz CT molecular complexity index is 1440. The third-order valence-electron chi connectivity index (χ3n) is 4.69. The lowest BCUT2D eigenvalue weighted by Crippen LogP contribution is -2.10. The van der Waals surface area contributed by atoms with Crippen LogP contribution in [0.25, 0.3) is 25.6 Å². The molecular weight excluding hydrogens is 473 g/mol. The van der Waals surface area contributed by atoms with Crippen LogP contribution >= 0.6 is 45.9 Å². The maximum Gasteiger partial charge on any atom is 0.267 e. The first kappa shape index (κ1) is 20.4. The number of thiophene rings is 1. The molecule has 0 bridgehead atoms. The molecule has 0 atom stereocenters. The molecule has 0 spiro atoms. The number of halogens is 2. The molecule has 0 saturated heterocycles. The highest BCUT2D eigenvalue weighted by Gasteiger charge is 2.18. The Kier molecular flexibility index (Phi) is 5.39. The summed E-state index contributed by atoms with van der Waals surface area (Å²) in [5, 5.41) is 18.7. The fraction of sp³-hybridized carbons (Fsp3) is 0.143. The summed E-state index contributed by atoms with van der Waals surface area (Å²) in [5.74, 6) is 0.590. The molecule has 31 heavy (non-hydrogen) atoms. The summed E-state index contributed by atoms with van der Waals surface area (Å²) in [4.78, 5) is 14.1. The van der Waals surface area contributed by atoms with Gasteiger partial charge in [0.2, 0.25) is 4.96 Å². The molecule has 0 aliphatic heterocycles. The normalized spacial score (nSPS) is 11.5. The predicted molar refractivity (Wildman–Crippen MR) is 128 cm³/mol. The van der Waals surface area contributed by atoms with Crippen molar-refractivity contribution < 1.29 is 4.79 Å². The van der Waals surface area contributed by atoms with E-state index in [4.69, 9.17) is 23.2 Å². The Morgan fingerprint density at radius 1 is 1.13 bits per heavy atom. The second kappa shape index (κ2) is 8.20. The Hall–Kier alpha value is -2.52. The third-order valence-corrected chi connectivity index (χ3v) is 7.53. The number of benzene rings is 2. The van der Waals surface area contributed by atoms with Gasteiger partial charge in [0.25, 0.3) is 5.91 Å². The molecule has 0 saturated carbocycles. The van der Waals surface area contributed by atoms with E-state index < -0.39 is 0 Å². The number of fused-ring (bicyclic) bond motifs is 2. The van der Waals surface area contributed by atoms with Crippen LogP contribution in [0.4, 0.5) is 5.69 Å². The van der Waals surface area contributed by atoms with Crippen LogP contribution in [0.3, 0.4) is 0 Å². The largest absolute Gasteiger partial charge is 0.321 e. The minimum absolute atomic E-state index is 0.261. The molecule has 5 aromatic rings. The summed E-state index contributed by atoms with van der Waals surface area (Å²) < 4.78 is 2.66.